The van der Waals surface area contributed by atoms with E-state index in [1.54, 1.807) is 18.7 Å². The predicted molar refractivity (Wildman–Crippen MR) is 157 cm³/mol. The van der Waals surface area contributed by atoms with E-state index in [2.05, 4.69) is 28.1 Å². The fourth-order valence-electron chi connectivity index (χ4n) is 7.05. The number of ether oxygens (including phenoxy) is 1. The SMILES string of the molecule is CC(C)OC(=O)N1CC2(Cc3cc4c(Br)cccc4cc3C(Cc3nc4c(n3CCCC(F)(F)F)CCCC4)C2=O)C1. The number of halogens is 4. The van der Waals surface area contributed by atoms with Crippen LogP contribution in [0.1, 0.15) is 73.8 Å². The number of hydrogen-bond donors (Lipinski definition) is 0. The molecule has 1 fully saturated rings. The maximum absolute atomic E-state index is 14.4. The summed E-state index contributed by atoms with van der Waals surface area (Å²) in [6.45, 7) is 4.40. The third kappa shape index (κ3) is 5.47. The lowest BCUT2D eigenvalue weighted by molar-refractivity contribution is -0.140. The molecule has 6 rings (SSSR count). The molecular weight excluding hydrogens is 611 g/mol. The Morgan fingerprint density at radius 1 is 1.19 bits per heavy atom. The zero-order chi connectivity index (χ0) is 29.8. The van der Waals surface area contributed by atoms with Gasteiger partial charge in [0.05, 0.1) is 23.1 Å². The highest BCUT2D eigenvalue weighted by Gasteiger charge is 2.56. The molecule has 1 atom stereocenters. The van der Waals surface area contributed by atoms with Crippen molar-refractivity contribution in [2.24, 2.45) is 5.41 Å². The molecule has 0 bridgehead atoms. The monoisotopic (exact) mass is 645 g/mol. The summed E-state index contributed by atoms with van der Waals surface area (Å²) >= 11 is 3.67. The Bertz CT molecular complexity index is 1540. The van der Waals surface area contributed by atoms with Crippen LogP contribution in [0.2, 0.25) is 0 Å². The molecule has 224 valence electrons. The van der Waals surface area contributed by atoms with Crippen molar-refractivity contribution in [2.75, 3.05) is 13.1 Å². The number of amides is 1. The predicted octanol–water partition coefficient (Wildman–Crippen LogP) is 7.32. The normalized spacial score (nSPS) is 19.6. The summed E-state index contributed by atoms with van der Waals surface area (Å²) < 4.78 is 47.5. The number of fused-ring (bicyclic) bond motifs is 3. The van der Waals surface area contributed by atoms with Gasteiger partial charge >= 0.3 is 12.3 Å². The van der Waals surface area contributed by atoms with Gasteiger partial charge in [0.15, 0.2) is 5.78 Å². The van der Waals surface area contributed by atoms with Crippen molar-refractivity contribution in [3.05, 3.63) is 63.1 Å². The van der Waals surface area contributed by atoms with E-state index in [1.165, 1.54) is 0 Å². The Balaban J connectivity index is 1.38. The van der Waals surface area contributed by atoms with E-state index in [4.69, 9.17) is 9.72 Å². The van der Waals surface area contributed by atoms with Crippen LogP contribution in [-0.4, -0.2) is 51.7 Å². The first kappa shape index (κ1) is 29.2. The summed E-state index contributed by atoms with van der Waals surface area (Å²) in [5, 5.41) is 2.07. The first-order valence-electron chi connectivity index (χ1n) is 14.8. The van der Waals surface area contributed by atoms with Gasteiger partial charge in [-0.05, 0) is 86.4 Å². The molecule has 6 nitrogen and oxygen atoms in total. The summed E-state index contributed by atoms with van der Waals surface area (Å²) in [6.07, 6.45) is -1.33. The number of Topliss-reactive ketones (excluding diaryl/α,β-unsaturated/α-hetero) is 1. The number of nitrogens with zero attached hydrogens (tertiary/aromatic N) is 3. The van der Waals surface area contributed by atoms with Gasteiger partial charge in [0, 0.05) is 42.6 Å². The van der Waals surface area contributed by atoms with Gasteiger partial charge in [0.25, 0.3) is 0 Å². The molecule has 1 aromatic heterocycles. The van der Waals surface area contributed by atoms with Gasteiger partial charge in [-0.3, -0.25) is 4.79 Å². The van der Waals surface area contributed by atoms with Crippen LogP contribution in [0.5, 0.6) is 0 Å². The zero-order valence-corrected chi connectivity index (χ0v) is 25.5. The van der Waals surface area contributed by atoms with Crippen LogP contribution in [0.25, 0.3) is 10.8 Å². The summed E-state index contributed by atoms with van der Waals surface area (Å²) in [6, 6.07) is 10.2. The fourth-order valence-corrected chi connectivity index (χ4v) is 7.54. The zero-order valence-electron chi connectivity index (χ0n) is 23.9. The number of likely N-dealkylation sites (tertiary alicyclic amines) is 1. The van der Waals surface area contributed by atoms with Crippen LogP contribution >= 0.6 is 15.9 Å². The van der Waals surface area contributed by atoms with Crippen LogP contribution < -0.4 is 0 Å². The van der Waals surface area contributed by atoms with Crippen LogP contribution in [0, 0.1) is 5.41 Å². The third-order valence-corrected chi connectivity index (χ3v) is 9.64. The number of ketones is 1. The number of imidazole rings is 1. The second-order valence-electron chi connectivity index (χ2n) is 12.4. The largest absolute Gasteiger partial charge is 0.447 e. The minimum absolute atomic E-state index is 0.0238. The Kier molecular flexibility index (Phi) is 7.64. The van der Waals surface area contributed by atoms with Gasteiger partial charge in [-0.15, -0.1) is 0 Å². The van der Waals surface area contributed by atoms with Gasteiger partial charge in [-0.2, -0.15) is 13.2 Å². The molecule has 3 aromatic rings. The van der Waals surface area contributed by atoms with Gasteiger partial charge in [-0.1, -0.05) is 34.1 Å². The highest BCUT2D eigenvalue weighted by molar-refractivity contribution is 9.10. The number of hydrogen-bond acceptors (Lipinski definition) is 4. The van der Waals surface area contributed by atoms with E-state index in [-0.39, 0.29) is 37.9 Å². The minimum atomic E-state index is -4.21. The van der Waals surface area contributed by atoms with E-state index in [1.807, 2.05) is 22.8 Å². The van der Waals surface area contributed by atoms with Crippen molar-refractivity contribution in [1.29, 1.82) is 0 Å². The van der Waals surface area contributed by atoms with Gasteiger partial charge in [0.2, 0.25) is 0 Å². The van der Waals surface area contributed by atoms with Crippen molar-refractivity contribution in [2.45, 2.75) is 90.0 Å². The highest BCUT2D eigenvalue weighted by atomic mass is 79.9. The van der Waals surface area contributed by atoms with Crippen LogP contribution in [0.15, 0.2) is 34.8 Å². The van der Waals surface area contributed by atoms with E-state index in [0.29, 0.717) is 18.7 Å². The molecule has 2 aromatic carbocycles. The summed E-state index contributed by atoms with van der Waals surface area (Å²) in [5.74, 6) is 0.251. The molecule has 3 aliphatic rings. The average Bonchev–Trinajstić information content (AvgIpc) is 3.24. The molecule has 1 aliphatic heterocycles. The highest BCUT2D eigenvalue weighted by Crippen LogP contribution is 2.48. The molecule has 0 radical (unpaired) electrons. The number of benzene rings is 2. The molecule has 1 unspecified atom stereocenters. The van der Waals surface area contributed by atoms with Crippen molar-refractivity contribution in [3.8, 4) is 0 Å². The topological polar surface area (TPSA) is 64.4 Å². The van der Waals surface area contributed by atoms with Gasteiger partial charge in [-0.25, -0.2) is 9.78 Å². The van der Waals surface area contributed by atoms with Crippen molar-refractivity contribution in [1.82, 2.24) is 14.5 Å². The lowest BCUT2D eigenvalue weighted by Crippen LogP contribution is -2.65. The summed E-state index contributed by atoms with van der Waals surface area (Å²) in [7, 11) is 0. The molecule has 2 aliphatic carbocycles. The van der Waals surface area contributed by atoms with Crippen molar-refractivity contribution in [3.63, 3.8) is 0 Å². The molecule has 0 N–H and O–H groups in total. The number of alkyl halides is 3. The number of aromatic nitrogens is 2. The Morgan fingerprint density at radius 3 is 2.69 bits per heavy atom. The molecule has 1 amide bonds. The van der Waals surface area contributed by atoms with Crippen LogP contribution in [0.4, 0.5) is 18.0 Å². The summed E-state index contributed by atoms with van der Waals surface area (Å²) in [5.41, 5.74) is 3.26. The number of rotatable bonds is 6. The number of carbonyl (C=O) groups is 2. The Morgan fingerprint density at radius 2 is 1.95 bits per heavy atom. The lowest BCUT2D eigenvalue weighted by atomic mass is 9.61. The number of aryl methyl sites for hydroxylation is 1. The second-order valence-corrected chi connectivity index (χ2v) is 13.2. The van der Waals surface area contributed by atoms with Gasteiger partial charge in [0.1, 0.15) is 5.82 Å². The van der Waals surface area contributed by atoms with Crippen LogP contribution in [0.3, 0.4) is 0 Å². The first-order chi connectivity index (χ1) is 19.9. The maximum Gasteiger partial charge on any atom is 0.410 e. The first-order valence-corrected chi connectivity index (χ1v) is 15.6. The fraction of sp³-hybridized carbons (Fsp3) is 0.531. The molecule has 1 spiro atoms. The van der Waals surface area contributed by atoms with Gasteiger partial charge < -0.3 is 14.2 Å². The Labute approximate surface area is 251 Å². The minimum Gasteiger partial charge on any atom is -0.447 e. The lowest BCUT2D eigenvalue weighted by Gasteiger charge is -2.52. The molecule has 42 heavy (non-hydrogen) atoms. The smallest absolute Gasteiger partial charge is 0.410 e. The standard InChI is InChI=1S/C32H35BrF3N3O3/c1-19(2)42-30(41)38-17-31(18-38)16-21-14-23-20(7-5-8-25(23)33)13-22(21)24(29(31)40)15-28-37-26-9-3-4-10-27(26)39(28)12-6-11-32(34,35)36/h5,7-8,13-14,19,24H,3-4,6,9-12,15-18H2,1-2H3. The van der Waals surface area contributed by atoms with Crippen molar-refractivity contribution >= 4 is 38.6 Å². The summed E-state index contributed by atoms with van der Waals surface area (Å²) in [4.78, 5) is 33.6. The Hall–Kier alpha value is -2.88. The third-order valence-electron chi connectivity index (χ3n) is 8.95. The second kappa shape index (κ2) is 11.0. The van der Waals surface area contributed by atoms with Crippen LogP contribution in [-0.2, 0) is 41.8 Å². The molecule has 10 heteroatoms. The maximum atomic E-state index is 14.4. The quantitative estimate of drug-likeness (QED) is 0.282. The molecule has 1 saturated heterocycles. The average molecular weight is 647 g/mol. The van der Waals surface area contributed by atoms with E-state index >= 15 is 0 Å². The van der Waals surface area contributed by atoms with E-state index < -0.39 is 30.0 Å². The van der Waals surface area contributed by atoms with Crippen molar-refractivity contribution < 1.29 is 27.5 Å². The molecular formula is C32H35BrF3N3O3. The molecule has 2 heterocycles. The van der Waals surface area contributed by atoms with E-state index in [0.717, 1.165) is 63.4 Å². The molecule has 0 saturated carbocycles. The number of carbonyl (C=O) groups excluding carboxylic acids is 2. The van der Waals surface area contributed by atoms with E-state index in [9.17, 15) is 22.8 Å².